The second-order valence-electron chi connectivity index (χ2n) is 8.52. The van der Waals surface area contributed by atoms with Gasteiger partial charge in [0, 0.05) is 36.6 Å². The van der Waals surface area contributed by atoms with Crippen molar-refractivity contribution in [3.05, 3.63) is 77.1 Å². The third-order valence-corrected chi connectivity index (χ3v) is 6.38. The molecule has 5 heteroatoms. The molecule has 1 saturated heterocycles. The summed E-state index contributed by atoms with van der Waals surface area (Å²) < 4.78 is 1.98. The van der Waals surface area contributed by atoms with Gasteiger partial charge >= 0.3 is 0 Å². The Bertz CT molecular complexity index is 1040. The van der Waals surface area contributed by atoms with Crippen molar-refractivity contribution in [2.24, 2.45) is 5.92 Å². The van der Waals surface area contributed by atoms with Crippen LogP contribution >= 0.6 is 0 Å². The molecular weight excluding hydrogens is 372 g/mol. The van der Waals surface area contributed by atoms with Crippen LogP contribution in [0.1, 0.15) is 40.2 Å². The van der Waals surface area contributed by atoms with Crippen molar-refractivity contribution in [3.8, 4) is 5.69 Å². The summed E-state index contributed by atoms with van der Waals surface area (Å²) in [4.78, 5) is 15.4. The van der Waals surface area contributed by atoms with E-state index in [9.17, 15) is 4.79 Å². The van der Waals surface area contributed by atoms with Crippen molar-refractivity contribution in [1.29, 1.82) is 0 Å². The predicted octanol–water partition coefficient (Wildman–Crippen LogP) is 3.93. The summed E-state index contributed by atoms with van der Waals surface area (Å²) in [5.41, 5.74) is 6.46. The molecule has 0 radical (unpaired) electrons. The smallest absolute Gasteiger partial charge is 0.272 e. The molecule has 1 aliphatic carbocycles. The van der Waals surface area contributed by atoms with Crippen molar-refractivity contribution in [2.75, 3.05) is 24.5 Å². The van der Waals surface area contributed by atoms with Crippen molar-refractivity contribution >= 4 is 11.6 Å². The number of hydrogen-bond acceptors (Lipinski definition) is 3. The standard InChI is InChI=1S/C25H28N4O/c1-18-10-12-21(13-11-18)29-23-9-5-8-22(23)24(27-29)25(30)26-16-19-14-15-28(17-19)20-6-3-2-4-7-20/h2-4,6-7,10-13,19H,5,8-9,14-17H2,1H3,(H,26,30). The lowest BCUT2D eigenvalue weighted by Gasteiger charge is -2.18. The molecule has 1 unspecified atom stereocenters. The van der Waals surface area contributed by atoms with E-state index < -0.39 is 0 Å². The Hall–Kier alpha value is -3.08. The van der Waals surface area contributed by atoms with Crippen LogP contribution in [0.5, 0.6) is 0 Å². The molecule has 1 N–H and O–H groups in total. The zero-order valence-corrected chi connectivity index (χ0v) is 17.5. The lowest BCUT2D eigenvalue weighted by Crippen LogP contribution is -2.31. The van der Waals surface area contributed by atoms with Gasteiger partial charge in [-0.25, -0.2) is 4.68 Å². The number of para-hydroxylation sites is 1. The molecule has 0 bridgehead atoms. The number of carbonyl (C=O) groups is 1. The highest BCUT2D eigenvalue weighted by molar-refractivity contribution is 5.94. The number of hydrogen-bond donors (Lipinski definition) is 1. The van der Waals surface area contributed by atoms with Crippen LogP contribution in [0.25, 0.3) is 5.69 Å². The van der Waals surface area contributed by atoms with Gasteiger partial charge in [0.15, 0.2) is 5.69 Å². The SMILES string of the molecule is Cc1ccc(-n2nc(C(=O)NCC3CCN(c4ccccc4)C3)c3c2CCC3)cc1. The zero-order chi connectivity index (χ0) is 20.5. The number of benzene rings is 2. The monoisotopic (exact) mass is 400 g/mol. The van der Waals surface area contributed by atoms with Gasteiger partial charge < -0.3 is 10.2 Å². The normalized spacial score (nSPS) is 17.9. The van der Waals surface area contributed by atoms with Crippen LogP contribution < -0.4 is 10.2 Å². The van der Waals surface area contributed by atoms with Gasteiger partial charge in [-0.3, -0.25) is 4.79 Å². The molecular formula is C25H28N4O. The summed E-state index contributed by atoms with van der Waals surface area (Å²) in [5.74, 6) is 0.443. The van der Waals surface area contributed by atoms with Crippen LogP contribution in [0.3, 0.4) is 0 Å². The van der Waals surface area contributed by atoms with Crippen LogP contribution in [0, 0.1) is 12.8 Å². The minimum atomic E-state index is -0.0304. The fourth-order valence-corrected chi connectivity index (χ4v) is 4.71. The Morgan fingerprint density at radius 1 is 1.07 bits per heavy atom. The molecule has 3 aromatic rings. The molecule has 154 valence electrons. The topological polar surface area (TPSA) is 50.2 Å². The lowest BCUT2D eigenvalue weighted by molar-refractivity contribution is 0.0942. The van der Waals surface area contributed by atoms with Gasteiger partial charge in [-0.05, 0) is 62.8 Å². The minimum Gasteiger partial charge on any atom is -0.371 e. The maximum Gasteiger partial charge on any atom is 0.272 e. The maximum absolute atomic E-state index is 13.0. The van der Waals surface area contributed by atoms with Crippen molar-refractivity contribution < 1.29 is 4.79 Å². The molecule has 0 spiro atoms. The molecule has 2 heterocycles. The summed E-state index contributed by atoms with van der Waals surface area (Å²) >= 11 is 0. The summed E-state index contributed by atoms with van der Waals surface area (Å²) in [7, 11) is 0. The Balaban J connectivity index is 1.27. The number of carbonyl (C=O) groups excluding carboxylic acids is 1. The first-order chi connectivity index (χ1) is 14.7. The number of rotatable bonds is 5. The van der Waals surface area contributed by atoms with Gasteiger partial charge in [0.05, 0.1) is 5.69 Å². The van der Waals surface area contributed by atoms with E-state index in [4.69, 9.17) is 5.10 Å². The molecule has 1 fully saturated rings. The molecule has 1 aliphatic heterocycles. The van der Waals surface area contributed by atoms with E-state index in [2.05, 4.69) is 65.7 Å². The van der Waals surface area contributed by atoms with Gasteiger partial charge in [-0.15, -0.1) is 0 Å². The first-order valence-electron chi connectivity index (χ1n) is 10.9. The lowest BCUT2D eigenvalue weighted by atomic mass is 10.1. The van der Waals surface area contributed by atoms with E-state index >= 15 is 0 Å². The van der Waals surface area contributed by atoms with Crippen molar-refractivity contribution in [3.63, 3.8) is 0 Å². The summed E-state index contributed by atoms with van der Waals surface area (Å²) in [6, 6.07) is 18.9. The van der Waals surface area contributed by atoms with Crippen LogP contribution in [0.2, 0.25) is 0 Å². The molecule has 0 saturated carbocycles. The largest absolute Gasteiger partial charge is 0.371 e. The number of nitrogens with zero attached hydrogens (tertiary/aromatic N) is 3. The molecule has 5 nitrogen and oxygen atoms in total. The molecule has 2 aliphatic rings. The first kappa shape index (κ1) is 18.9. The van der Waals surface area contributed by atoms with Gasteiger partial charge in [-0.1, -0.05) is 35.9 Å². The number of nitrogens with one attached hydrogen (secondary N) is 1. The Labute approximate surface area is 177 Å². The fourth-order valence-electron chi connectivity index (χ4n) is 4.71. The highest BCUT2D eigenvalue weighted by atomic mass is 16.2. The highest BCUT2D eigenvalue weighted by Gasteiger charge is 2.28. The Morgan fingerprint density at radius 3 is 2.67 bits per heavy atom. The number of amides is 1. The quantitative estimate of drug-likeness (QED) is 0.706. The summed E-state index contributed by atoms with van der Waals surface area (Å²) in [5, 5.41) is 7.91. The number of aromatic nitrogens is 2. The number of aryl methyl sites for hydroxylation is 1. The van der Waals surface area contributed by atoms with E-state index in [1.807, 2.05) is 10.7 Å². The van der Waals surface area contributed by atoms with Gasteiger partial charge in [0.25, 0.3) is 5.91 Å². The number of anilines is 1. The average Bonchev–Trinajstić information content (AvgIpc) is 3.50. The first-order valence-corrected chi connectivity index (χ1v) is 10.9. The van der Waals surface area contributed by atoms with Crippen molar-refractivity contribution in [1.82, 2.24) is 15.1 Å². The fraction of sp³-hybridized carbons (Fsp3) is 0.360. The van der Waals surface area contributed by atoms with Gasteiger partial charge in [0.1, 0.15) is 0 Å². The Kier molecular flexibility index (Phi) is 5.03. The number of fused-ring (bicyclic) bond motifs is 1. The van der Waals surface area contributed by atoms with Gasteiger partial charge in [-0.2, -0.15) is 5.10 Å². The molecule has 1 atom stereocenters. The third-order valence-electron chi connectivity index (χ3n) is 6.38. The van der Waals surface area contributed by atoms with E-state index in [1.54, 1.807) is 0 Å². The zero-order valence-electron chi connectivity index (χ0n) is 17.5. The van der Waals surface area contributed by atoms with Crippen LogP contribution in [0.15, 0.2) is 54.6 Å². The molecule has 1 aromatic heterocycles. The van der Waals surface area contributed by atoms with Crippen LogP contribution in [0.4, 0.5) is 5.69 Å². The van der Waals surface area contributed by atoms with E-state index in [0.29, 0.717) is 18.2 Å². The average molecular weight is 401 g/mol. The molecule has 5 rings (SSSR count). The van der Waals surface area contributed by atoms with Crippen LogP contribution in [-0.4, -0.2) is 35.3 Å². The van der Waals surface area contributed by atoms with Crippen molar-refractivity contribution in [2.45, 2.75) is 32.6 Å². The molecule has 2 aromatic carbocycles. The third kappa shape index (κ3) is 3.60. The van der Waals surface area contributed by atoms with E-state index in [0.717, 1.165) is 50.0 Å². The second-order valence-corrected chi connectivity index (χ2v) is 8.52. The molecule has 30 heavy (non-hydrogen) atoms. The summed E-state index contributed by atoms with van der Waals surface area (Å²) in [6.45, 7) is 4.81. The van der Waals surface area contributed by atoms with Crippen LogP contribution in [-0.2, 0) is 12.8 Å². The summed E-state index contributed by atoms with van der Waals surface area (Å²) in [6.07, 6.45) is 4.12. The second kappa shape index (κ2) is 7.98. The van der Waals surface area contributed by atoms with Gasteiger partial charge in [0.2, 0.25) is 0 Å². The highest BCUT2D eigenvalue weighted by Crippen LogP contribution is 2.28. The Morgan fingerprint density at radius 2 is 1.87 bits per heavy atom. The van der Waals surface area contributed by atoms with E-state index in [-0.39, 0.29) is 5.91 Å². The van der Waals surface area contributed by atoms with E-state index in [1.165, 1.54) is 16.9 Å². The predicted molar refractivity (Wildman–Crippen MR) is 119 cm³/mol. The minimum absolute atomic E-state index is 0.0304. The maximum atomic E-state index is 13.0. The molecule has 1 amide bonds.